The van der Waals surface area contributed by atoms with E-state index in [1.54, 1.807) is 25.1 Å². The van der Waals surface area contributed by atoms with Gasteiger partial charge in [-0.2, -0.15) is 0 Å². The highest BCUT2D eigenvalue weighted by Crippen LogP contribution is 2.27. The summed E-state index contributed by atoms with van der Waals surface area (Å²) in [6.07, 6.45) is -4.65. The average molecular weight is 284 g/mol. The third-order valence-corrected chi connectivity index (χ3v) is 2.30. The first-order valence-corrected chi connectivity index (χ1v) is 5.56. The summed E-state index contributed by atoms with van der Waals surface area (Å²) in [6.45, 7) is 0.927. The van der Waals surface area contributed by atoms with Gasteiger partial charge < -0.3 is 10.5 Å². The molecule has 3 nitrogen and oxygen atoms in total. The van der Waals surface area contributed by atoms with Crippen LogP contribution in [0.5, 0.6) is 5.75 Å². The zero-order chi connectivity index (χ0) is 13.8. The standard InChI is InChI=1S/C11H13ClF3NO2/c1-7(16)9-6-8(12)2-3-10(9)17-4-5-18-11(13,14)15/h2-3,6-7H,4-5,16H2,1H3/t7-/m0/s1. The number of alkyl halides is 3. The molecule has 102 valence electrons. The zero-order valence-corrected chi connectivity index (χ0v) is 10.4. The van der Waals surface area contributed by atoms with Gasteiger partial charge >= 0.3 is 6.36 Å². The Morgan fingerprint density at radius 2 is 2.00 bits per heavy atom. The molecule has 0 fully saturated rings. The fourth-order valence-corrected chi connectivity index (χ4v) is 1.50. The molecule has 1 rings (SSSR count). The molecular weight excluding hydrogens is 271 g/mol. The van der Waals surface area contributed by atoms with E-state index in [-0.39, 0.29) is 12.6 Å². The number of nitrogens with two attached hydrogens (primary N) is 1. The molecule has 0 heterocycles. The highest BCUT2D eigenvalue weighted by Gasteiger charge is 2.28. The second kappa shape index (κ2) is 6.26. The van der Waals surface area contributed by atoms with Gasteiger partial charge in [-0.15, -0.1) is 13.2 Å². The molecular formula is C11H13ClF3NO2. The molecule has 0 amide bonds. The van der Waals surface area contributed by atoms with Crippen LogP contribution >= 0.6 is 11.6 Å². The van der Waals surface area contributed by atoms with E-state index >= 15 is 0 Å². The molecule has 0 bridgehead atoms. The Balaban J connectivity index is 2.57. The van der Waals surface area contributed by atoms with Gasteiger partial charge in [0.1, 0.15) is 12.4 Å². The molecule has 0 unspecified atom stereocenters. The molecule has 1 aromatic carbocycles. The number of halogens is 4. The Kier molecular flexibility index (Phi) is 5.25. The van der Waals surface area contributed by atoms with Crippen molar-refractivity contribution in [1.82, 2.24) is 0 Å². The molecule has 18 heavy (non-hydrogen) atoms. The van der Waals surface area contributed by atoms with Crippen LogP contribution in [0.1, 0.15) is 18.5 Å². The smallest absolute Gasteiger partial charge is 0.491 e. The van der Waals surface area contributed by atoms with Gasteiger partial charge in [0.2, 0.25) is 0 Å². The minimum absolute atomic E-state index is 0.221. The molecule has 0 aliphatic rings. The summed E-state index contributed by atoms with van der Waals surface area (Å²) in [6, 6.07) is 4.43. The second-order valence-electron chi connectivity index (χ2n) is 3.61. The lowest BCUT2D eigenvalue weighted by atomic mass is 10.1. The van der Waals surface area contributed by atoms with Gasteiger partial charge in [0, 0.05) is 16.6 Å². The van der Waals surface area contributed by atoms with E-state index in [1.807, 2.05) is 0 Å². The van der Waals surface area contributed by atoms with E-state index in [0.717, 1.165) is 0 Å². The van der Waals surface area contributed by atoms with E-state index in [9.17, 15) is 13.2 Å². The van der Waals surface area contributed by atoms with Gasteiger partial charge in [-0.1, -0.05) is 11.6 Å². The first-order chi connectivity index (χ1) is 8.29. The fraction of sp³-hybridized carbons (Fsp3) is 0.455. The van der Waals surface area contributed by atoms with Crippen molar-refractivity contribution in [1.29, 1.82) is 0 Å². The Morgan fingerprint density at radius 1 is 1.33 bits per heavy atom. The predicted octanol–water partition coefficient (Wildman–Crippen LogP) is 3.27. The Hall–Kier alpha value is -0.980. The topological polar surface area (TPSA) is 44.5 Å². The third kappa shape index (κ3) is 5.12. The lowest BCUT2D eigenvalue weighted by Gasteiger charge is -2.14. The summed E-state index contributed by atoms with van der Waals surface area (Å²) in [7, 11) is 0. The van der Waals surface area contributed by atoms with Crippen LogP contribution in [0.2, 0.25) is 5.02 Å². The van der Waals surface area contributed by atoms with Crippen LogP contribution in [0.3, 0.4) is 0 Å². The van der Waals surface area contributed by atoms with E-state index in [0.29, 0.717) is 16.3 Å². The lowest BCUT2D eigenvalue weighted by Crippen LogP contribution is -2.18. The molecule has 0 aliphatic carbocycles. The van der Waals surface area contributed by atoms with Gasteiger partial charge in [0.15, 0.2) is 0 Å². The summed E-state index contributed by atoms with van der Waals surface area (Å²) >= 11 is 5.80. The summed E-state index contributed by atoms with van der Waals surface area (Å²) in [5.74, 6) is 0.403. The second-order valence-corrected chi connectivity index (χ2v) is 4.05. The minimum atomic E-state index is -4.65. The van der Waals surface area contributed by atoms with Gasteiger partial charge in [-0.25, -0.2) is 0 Å². The molecule has 0 saturated heterocycles. The van der Waals surface area contributed by atoms with Gasteiger partial charge in [0.05, 0.1) is 6.61 Å². The summed E-state index contributed by atoms with van der Waals surface area (Å²) in [4.78, 5) is 0. The van der Waals surface area contributed by atoms with Crippen LogP contribution in [-0.2, 0) is 4.74 Å². The van der Waals surface area contributed by atoms with Crippen molar-refractivity contribution in [3.8, 4) is 5.75 Å². The minimum Gasteiger partial charge on any atom is -0.491 e. The van der Waals surface area contributed by atoms with Gasteiger partial charge in [-0.05, 0) is 25.1 Å². The van der Waals surface area contributed by atoms with Crippen LogP contribution in [-0.4, -0.2) is 19.6 Å². The Labute approximate surface area is 108 Å². The largest absolute Gasteiger partial charge is 0.522 e. The normalized spacial score (nSPS) is 13.4. The fourth-order valence-electron chi connectivity index (χ4n) is 1.32. The van der Waals surface area contributed by atoms with Crippen molar-refractivity contribution in [3.63, 3.8) is 0 Å². The average Bonchev–Trinajstić information content (AvgIpc) is 2.24. The number of hydrogen-bond acceptors (Lipinski definition) is 3. The van der Waals surface area contributed by atoms with Crippen molar-refractivity contribution >= 4 is 11.6 Å². The summed E-state index contributed by atoms with van der Waals surface area (Å²) < 4.78 is 44.0. The van der Waals surface area contributed by atoms with Gasteiger partial charge in [-0.3, -0.25) is 4.74 Å². The molecule has 2 N–H and O–H groups in total. The molecule has 1 atom stereocenters. The molecule has 0 aromatic heterocycles. The number of rotatable bonds is 5. The first kappa shape index (κ1) is 15.1. The van der Waals surface area contributed by atoms with Crippen LogP contribution in [0.25, 0.3) is 0 Å². The summed E-state index contributed by atoms with van der Waals surface area (Å²) in [5, 5.41) is 0.487. The van der Waals surface area contributed by atoms with E-state index in [4.69, 9.17) is 22.1 Å². The predicted molar refractivity (Wildman–Crippen MR) is 61.6 cm³/mol. The quantitative estimate of drug-likeness (QED) is 0.844. The molecule has 0 spiro atoms. The van der Waals surface area contributed by atoms with Crippen molar-refractivity contribution in [2.75, 3.05) is 13.2 Å². The molecule has 0 saturated carbocycles. The number of hydrogen-bond donors (Lipinski definition) is 1. The lowest BCUT2D eigenvalue weighted by molar-refractivity contribution is -0.325. The van der Waals surface area contributed by atoms with Crippen molar-refractivity contribution in [2.24, 2.45) is 5.73 Å². The van der Waals surface area contributed by atoms with E-state index in [2.05, 4.69) is 4.74 Å². The van der Waals surface area contributed by atoms with Crippen LogP contribution in [0, 0.1) is 0 Å². The molecule has 0 aliphatic heterocycles. The maximum atomic E-state index is 11.7. The molecule has 0 radical (unpaired) electrons. The SMILES string of the molecule is C[C@H](N)c1cc(Cl)ccc1OCCOC(F)(F)F. The maximum Gasteiger partial charge on any atom is 0.522 e. The number of benzene rings is 1. The maximum absolute atomic E-state index is 11.7. The number of ether oxygens (including phenoxy) is 2. The highest BCUT2D eigenvalue weighted by molar-refractivity contribution is 6.30. The van der Waals surface area contributed by atoms with E-state index in [1.165, 1.54) is 0 Å². The monoisotopic (exact) mass is 283 g/mol. The molecule has 7 heteroatoms. The Morgan fingerprint density at radius 3 is 2.56 bits per heavy atom. The van der Waals surface area contributed by atoms with Crippen LogP contribution in [0.4, 0.5) is 13.2 Å². The van der Waals surface area contributed by atoms with Crippen molar-refractivity contribution in [2.45, 2.75) is 19.3 Å². The highest BCUT2D eigenvalue weighted by atomic mass is 35.5. The summed E-state index contributed by atoms with van der Waals surface area (Å²) in [5.41, 5.74) is 6.34. The van der Waals surface area contributed by atoms with Crippen molar-refractivity contribution in [3.05, 3.63) is 28.8 Å². The first-order valence-electron chi connectivity index (χ1n) is 5.18. The zero-order valence-electron chi connectivity index (χ0n) is 9.63. The van der Waals surface area contributed by atoms with Crippen LogP contribution < -0.4 is 10.5 Å². The Bertz CT molecular complexity index is 396. The molecule has 1 aromatic rings. The third-order valence-electron chi connectivity index (χ3n) is 2.07. The van der Waals surface area contributed by atoms with E-state index < -0.39 is 13.0 Å². The van der Waals surface area contributed by atoms with Gasteiger partial charge in [0.25, 0.3) is 0 Å². The van der Waals surface area contributed by atoms with Crippen LogP contribution in [0.15, 0.2) is 18.2 Å². The van der Waals surface area contributed by atoms with Crippen molar-refractivity contribution < 1.29 is 22.6 Å².